The average Bonchev–Trinajstić information content (AvgIpc) is 3.21. The molecule has 0 saturated carbocycles. The molecule has 3 aromatic rings. The molecule has 7 nitrogen and oxygen atoms in total. The lowest BCUT2D eigenvalue weighted by atomic mass is 10.2. The number of oxime groups is 1. The van der Waals surface area contributed by atoms with Crippen molar-refractivity contribution in [1.82, 2.24) is 10.1 Å². The van der Waals surface area contributed by atoms with Gasteiger partial charge in [0.15, 0.2) is 18.1 Å². The summed E-state index contributed by atoms with van der Waals surface area (Å²) in [6.07, 6.45) is 3.64. The summed E-state index contributed by atoms with van der Waals surface area (Å²) in [5, 5.41) is 8.41. The molecule has 3 rings (SSSR count). The fourth-order valence-electron chi connectivity index (χ4n) is 2.47. The first-order valence-electron chi connectivity index (χ1n) is 9.25. The van der Waals surface area contributed by atoms with Gasteiger partial charge in [0.25, 0.3) is 5.89 Å². The molecular formula is C21H22ClN3O4. The number of hydrogen-bond acceptors (Lipinski definition) is 7. The number of nitrogens with zero attached hydrogens (tertiary/aromatic N) is 3. The van der Waals surface area contributed by atoms with Crippen molar-refractivity contribution in [1.29, 1.82) is 0 Å². The number of benzene rings is 2. The molecule has 0 fully saturated rings. The van der Waals surface area contributed by atoms with E-state index >= 15 is 0 Å². The molecule has 0 unspecified atom stereocenters. The minimum absolute atomic E-state index is 0.0449. The van der Waals surface area contributed by atoms with E-state index in [1.807, 2.05) is 36.4 Å². The van der Waals surface area contributed by atoms with Crippen molar-refractivity contribution in [3.63, 3.8) is 0 Å². The molecule has 152 valence electrons. The molecule has 0 bridgehead atoms. The number of aromatic nitrogens is 2. The Morgan fingerprint density at radius 2 is 2.03 bits per heavy atom. The van der Waals surface area contributed by atoms with E-state index in [0.717, 1.165) is 18.4 Å². The smallest absolute Gasteiger partial charge is 0.267 e. The standard InChI is InChI=1S/C21H22ClN3O4/c1-3-4-11-27-18-10-9-15(12-19(18)26-2)13-23-28-14-20-24-21(25-29-20)16-7-5-6-8-17(16)22/h5-10,12-13H,3-4,11,14H2,1-2H3/b23-13-. The quantitative estimate of drug-likeness (QED) is 0.259. The third kappa shape index (κ3) is 5.71. The van der Waals surface area contributed by atoms with Crippen LogP contribution in [0.15, 0.2) is 52.1 Å². The minimum Gasteiger partial charge on any atom is -0.493 e. The van der Waals surface area contributed by atoms with E-state index in [4.69, 9.17) is 30.4 Å². The van der Waals surface area contributed by atoms with Crippen LogP contribution in [0.1, 0.15) is 31.2 Å². The number of hydrogen-bond donors (Lipinski definition) is 0. The lowest BCUT2D eigenvalue weighted by Crippen LogP contribution is -1.99. The van der Waals surface area contributed by atoms with Crippen molar-refractivity contribution in [2.75, 3.05) is 13.7 Å². The highest BCUT2D eigenvalue weighted by Gasteiger charge is 2.11. The van der Waals surface area contributed by atoms with Crippen LogP contribution in [-0.2, 0) is 11.4 Å². The van der Waals surface area contributed by atoms with Crippen molar-refractivity contribution in [3.05, 3.63) is 58.9 Å². The Balaban J connectivity index is 1.56. The Morgan fingerprint density at radius 3 is 2.83 bits per heavy atom. The SMILES string of the molecule is CCCCOc1ccc(/C=N\OCc2nc(-c3ccccc3Cl)no2)cc1OC. The van der Waals surface area contributed by atoms with Crippen molar-refractivity contribution in [2.45, 2.75) is 26.4 Å². The van der Waals surface area contributed by atoms with Crippen molar-refractivity contribution < 1.29 is 18.8 Å². The lowest BCUT2D eigenvalue weighted by Gasteiger charge is -2.10. The first-order chi connectivity index (χ1) is 14.2. The van der Waals surface area contributed by atoms with Crippen molar-refractivity contribution >= 4 is 17.8 Å². The molecule has 29 heavy (non-hydrogen) atoms. The Hall–Kier alpha value is -3.06. The van der Waals surface area contributed by atoms with E-state index in [1.54, 1.807) is 19.4 Å². The molecule has 1 heterocycles. The minimum atomic E-state index is 0.0449. The normalized spacial score (nSPS) is 11.0. The topological polar surface area (TPSA) is 79.0 Å². The molecule has 0 amide bonds. The highest BCUT2D eigenvalue weighted by atomic mass is 35.5. The molecule has 8 heteroatoms. The van der Waals surface area contributed by atoms with Gasteiger partial charge < -0.3 is 18.8 Å². The van der Waals surface area contributed by atoms with Crippen molar-refractivity contribution in [2.24, 2.45) is 5.16 Å². The van der Waals surface area contributed by atoms with Gasteiger partial charge in [-0.15, -0.1) is 0 Å². The summed E-state index contributed by atoms with van der Waals surface area (Å²) in [5.41, 5.74) is 1.51. The van der Waals surface area contributed by atoms with Gasteiger partial charge in [-0.25, -0.2) is 0 Å². The Labute approximate surface area is 174 Å². The zero-order valence-corrected chi connectivity index (χ0v) is 17.1. The maximum atomic E-state index is 6.14. The van der Waals surface area contributed by atoms with E-state index in [0.29, 0.717) is 40.4 Å². The van der Waals surface area contributed by atoms with Crippen LogP contribution in [0.2, 0.25) is 5.02 Å². The second-order valence-electron chi connectivity index (χ2n) is 6.11. The van der Waals surface area contributed by atoms with Crippen LogP contribution < -0.4 is 9.47 Å². The van der Waals surface area contributed by atoms with E-state index in [2.05, 4.69) is 22.2 Å². The molecular weight excluding hydrogens is 394 g/mol. The van der Waals surface area contributed by atoms with Crippen molar-refractivity contribution in [3.8, 4) is 22.9 Å². The van der Waals surface area contributed by atoms with Gasteiger partial charge in [0.05, 0.1) is 25.0 Å². The van der Waals surface area contributed by atoms with Crippen LogP contribution >= 0.6 is 11.6 Å². The highest BCUT2D eigenvalue weighted by Crippen LogP contribution is 2.28. The lowest BCUT2D eigenvalue weighted by molar-refractivity contribution is 0.107. The third-order valence-corrected chi connectivity index (χ3v) is 4.32. The van der Waals surface area contributed by atoms with Gasteiger partial charge >= 0.3 is 0 Å². The van der Waals surface area contributed by atoms with Gasteiger partial charge in [-0.3, -0.25) is 0 Å². The number of halogens is 1. The Morgan fingerprint density at radius 1 is 1.17 bits per heavy atom. The average molecular weight is 416 g/mol. The monoisotopic (exact) mass is 415 g/mol. The van der Waals surface area contributed by atoms with Gasteiger partial charge in [0.2, 0.25) is 5.82 Å². The van der Waals surface area contributed by atoms with Crippen LogP contribution in [0.3, 0.4) is 0 Å². The fraction of sp³-hybridized carbons (Fsp3) is 0.286. The molecule has 0 aliphatic rings. The zero-order chi connectivity index (χ0) is 20.5. The molecule has 0 radical (unpaired) electrons. The van der Waals surface area contributed by atoms with Gasteiger partial charge in [0.1, 0.15) is 0 Å². The Bertz CT molecular complexity index is 959. The molecule has 0 aliphatic heterocycles. The van der Waals surface area contributed by atoms with Gasteiger partial charge in [0, 0.05) is 11.1 Å². The Kier molecular flexibility index (Phi) is 7.47. The van der Waals surface area contributed by atoms with E-state index in [9.17, 15) is 0 Å². The molecule has 0 aliphatic carbocycles. The number of rotatable bonds is 10. The molecule has 0 saturated heterocycles. The third-order valence-electron chi connectivity index (χ3n) is 3.99. The van der Waals surface area contributed by atoms with E-state index in [-0.39, 0.29) is 6.61 Å². The van der Waals surface area contributed by atoms with Crippen LogP contribution in [0.4, 0.5) is 0 Å². The van der Waals surface area contributed by atoms with Crippen LogP contribution in [0, 0.1) is 0 Å². The van der Waals surface area contributed by atoms with Crippen LogP contribution in [0.5, 0.6) is 11.5 Å². The molecule has 0 atom stereocenters. The molecule has 0 N–H and O–H groups in total. The van der Waals surface area contributed by atoms with Gasteiger partial charge in [-0.05, 0) is 36.8 Å². The summed E-state index contributed by atoms with van der Waals surface area (Å²) in [7, 11) is 1.60. The molecule has 0 spiro atoms. The first-order valence-corrected chi connectivity index (χ1v) is 9.62. The van der Waals surface area contributed by atoms with E-state index in [1.165, 1.54) is 0 Å². The predicted octanol–water partition coefficient (Wildman–Crippen LogP) is 5.13. The predicted molar refractivity (Wildman–Crippen MR) is 111 cm³/mol. The fourth-order valence-corrected chi connectivity index (χ4v) is 2.69. The highest BCUT2D eigenvalue weighted by molar-refractivity contribution is 6.33. The summed E-state index contributed by atoms with van der Waals surface area (Å²) in [6, 6.07) is 12.8. The van der Waals surface area contributed by atoms with Gasteiger partial charge in [-0.2, -0.15) is 4.98 Å². The summed E-state index contributed by atoms with van der Waals surface area (Å²) < 4.78 is 16.3. The van der Waals surface area contributed by atoms with Gasteiger partial charge in [-0.1, -0.05) is 47.4 Å². The maximum absolute atomic E-state index is 6.14. The van der Waals surface area contributed by atoms with Crippen LogP contribution in [-0.4, -0.2) is 30.1 Å². The number of methoxy groups -OCH3 is 1. The second kappa shape index (κ2) is 10.5. The number of ether oxygens (including phenoxy) is 2. The second-order valence-corrected chi connectivity index (χ2v) is 6.52. The summed E-state index contributed by atoms with van der Waals surface area (Å²) in [4.78, 5) is 9.52. The first kappa shape index (κ1) is 20.7. The molecule has 1 aromatic heterocycles. The van der Waals surface area contributed by atoms with Crippen LogP contribution in [0.25, 0.3) is 11.4 Å². The molecule has 2 aromatic carbocycles. The zero-order valence-electron chi connectivity index (χ0n) is 16.3. The maximum Gasteiger partial charge on any atom is 0.267 e. The summed E-state index contributed by atoms with van der Waals surface area (Å²) in [5.74, 6) is 2.05. The largest absolute Gasteiger partial charge is 0.493 e. The summed E-state index contributed by atoms with van der Waals surface area (Å²) >= 11 is 6.14. The number of unbranched alkanes of at least 4 members (excludes halogenated alkanes) is 1. The summed E-state index contributed by atoms with van der Waals surface area (Å²) in [6.45, 7) is 2.82. The van der Waals surface area contributed by atoms with E-state index < -0.39 is 0 Å².